The van der Waals surface area contributed by atoms with Crippen LogP contribution >= 0.6 is 0 Å². The topological polar surface area (TPSA) is 79.4 Å². The van der Waals surface area contributed by atoms with Crippen molar-refractivity contribution >= 4 is 29.0 Å². The molecule has 0 unspecified atom stereocenters. The number of hydrogen-bond donors (Lipinski definition) is 2. The molecular weight excluding hydrogens is 438 g/mol. The quantitative estimate of drug-likeness (QED) is 0.340. The van der Waals surface area contributed by atoms with Gasteiger partial charge in [-0.05, 0) is 68.3 Å². The van der Waals surface area contributed by atoms with Gasteiger partial charge in [0.15, 0.2) is 0 Å². The fraction of sp³-hybridized carbons (Fsp3) is 0.179. The lowest BCUT2D eigenvalue weighted by molar-refractivity contribution is 0.102. The van der Waals surface area contributed by atoms with E-state index in [9.17, 15) is 4.79 Å². The maximum Gasteiger partial charge on any atom is 0.259 e. The van der Waals surface area contributed by atoms with E-state index in [1.807, 2.05) is 79.7 Å². The molecule has 0 radical (unpaired) electrons. The Kier molecular flexibility index (Phi) is 6.57. The van der Waals surface area contributed by atoms with Gasteiger partial charge in [0.2, 0.25) is 5.95 Å². The van der Waals surface area contributed by atoms with Crippen LogP contribution in [0.4, 0.5) is 23.1 Å². The van der Waals surface area contributed by atoms with Gasteiger partial charge in [0, 0.05) is 36.2 Å². The van der Waals surface area contributed by atoms with Crippen LogP contribution in [0.15, 0.2) is 84.9 Å². The van der Waals surface area contributed by atoms with E-state index in [0.29, 0.717) is 22.7 Å². The molecule has 1 fully saturated rings. The van der Waals surface area contributed by atoms with Crippen LogP contribution in [-0.4, -0.2) is 29.0 Å². The van der Waals surface area contributed by atoms with Crippen molar-refractivity contribution in [3.8, 4) is 11.5 Å². The van der Waals surface area contributed by atoms with Gasteiger partial charge in [-0.15, -0.1) is 0 Å². The van der Waals surface area contributed by atoms with E-state index < -0.39 is 0 Å². The van der Waals surface area contributed by atoms with E-state index in [2.05, 4.69) is 25.5 Å². The number of anilines is 4. The molecule has 5 rings (SSSR count). The van der Waals surface area contributed by atoms with Crippen molar-refractivity contribution in [2.24, 2.45) is 0 Å². The normalized spacial score (nSPS) is 12.9. The molecule has 0 saturated carbocycles. The van der Waals surface area contributed by atoms with Crippen LogP contribution in [0.1, 0.15) is 28.9 Å². The Morgan fingerprint density at radius 2 is 1.54 bits per heavy atom. The predicted octanol–water partition coefficient (Wildman–Crippen LogP) is 6.17. The molecule has 0 bridgehead atoms. The largest absolute Gasteiger partial charge is 0.457 e. The van der Waals surface area contributed by atoms with Crippen LogP contribution in [0.3, 0.4) is 0 Å². The zero-order valence-electron chi connectivity index (χ0n) is 19.6. The van der Waals surface area contributed by atoms with Crippen molar-refractivity contribution in [1.29, 1.82) is 0 Å². The highest BCUT2D eigenvalue weighted by atomic mass is 16.5. The molecule has 7 heteroatoms. The number of aromatic nitrogens is 2. The molecule has 1 saturated heterocycles. The number of carbonyl (C=O) groups is 1. The highest BCUT2D eigenvalue weighted by molar-refractivity contribution is 6.06. The zero-order valence-corrected chi connectivity index (χ0v) is 19.6. The van der Waals surface area contributed by atoms with Crippen molar-refractivity contribution < 1.29 is 9.53 Å². The van der Waals surface area contributed by atoms with Crippen molar-refractivity contribution in [2.75, 3.05) is 28.6 Å². The van der Waals surface area contributed by atoms with Crippen LogP contribution in [-0.2, 0) is 0 Å². The second-order valence-corrected chi connectivity index (χ2v) is 8.46. The summed E-state index contributed by atoms with van der Waals surface area (Å²) in [6.45, 7) is 3.97. The third-order valence-electron chi connectivity index (χ3n) is 5.75. The molecule has 176 valence electrons. The Balaban J connectivity index is 1.26. The molecule has 0 atom stereocenters. The van der Waals surface area contributed by atoms with Gasteiger partial charge in [-0.25, -0.2) is 4.98 Å². The number of nitrogens with one attached hydrogen (secondary N) is 2. The fourth-order valence-corrected chi connectivity index (χ4v) is 4.02. The van der Waals surface area contributed by atoms with Gasteiger partial charge in [0.1, 0.15) is 17.3 Å². The molecule has 0 aliphatic carbocycles. The van der Waals surface area contributed by atoms with E-state index in [4.69, 9.17) is 4.74 Å². The highest BCUT2D eigenvalue weighted by Crippen LogP contribution is 2.27. The van der Waals surface area contributed by atoms with Crippen molar-refractivity contribution in [2.45, 2.75) is 19.8 Å². The lowest BCUT2D eigenvalue weighted by Crippen LogP contribution is -2.21. The minimum atomic E-state index is -0.237. The number of rotatable bonds is 7. The second-order valence-electron chi connectivity index (χ2n) is 8.46. The average molecular weight is 466 g/mol. The summed E-state index contributed by atoms with van der Waals surface area (Å²) in [7, 11) is 0. The van der Waals surface area contributed by atoms with Gasteiger partial charge in [0.05, 0.1) is 5.56 Å². The second kappa shape index (κ2) is 10.3. The molecule has 2 N–H and O–H groups in total. The number of para-hydroxylation sites is 2. The van der Waals surface area contributed by atoms with Crippen LogP contribution in [0.2, 0.25) is 0 Å². The number of amides is 1. The summed E-state index contributed by atoms with van der Waals surface area (Å²) >= 11 is 0. The molecule has 2 heterocycles. The molecular formula is C28H27N5O2. The molecule has 1 amide bonds. The number of aryl methyl sites for hydroxylation is 1. The monoisotopic (exact) mass is 465 g/mol. The minimum absolute atomic E-state index is 0.237. The predicted molar refractivity (Wildman–Crippen MR) is 139 cm³/mol. The van der Waals surface area contributed by atoms with E-state index in [0.717, 1.165) is 36.2 Å². The van der Waals surface area contributed by atoms with E-state index in [-0.39, 0.29) is 5.91 Å². The number of ether oxygens (including phenoxy) is 1. The Bertz CT molecular complexity index is 1300. The number of benzene rings is 3. The van der Waals surface area contributed by atoms with E-state index in [1.165, 1.54) is 12.8 Å². The van der Waals surface area contributed by atoms with Crippen LogP contribution < -0.4 is 20.3 Å². The first-order chi connectivity index (χ1) is 17.1. The summed E-state index contributed by atoms with van der Waals surface area (Å²) in [6, 6.07) is 26.1. The molecule has 1 aliphatic rings. The number of nitrogens with zero attached hydrogens (tertiary/aromatic N) is 3. The van der Waals surface area contributed by atoms with Crippen molar-refractivity contribution in [3.05, 3.63) is 96.2 Å². The maximum atomic E-state index is 13.0. The number of hydrogen-bond acceptors (Lipinski definition) is 6. The SMILES string of the molecule is Cc1cc(Nc2ccc(NC(=O)c3ccccc3Oc3ccccc3)cc2)nc(N2CCCC2)n1. The Labute approximate surface area is 204 Å². The van der Waals surface area contributed by atoms with Crippen LogP contribution in [0, 0.1) is 6.92 Å². The van der Waals surface area contributed by atoms with E-state index in [1.54, 1.807) is 12.1 Å². The zero-order chi connectivity index (χ0) is 24.0. The lowest BCUT2D eigenvalue weighted by atomic mass is 10.1. The number of carbonyl (C=O) groups excluding carboxylic acids is 1. The van der Waals surface area contributed by atoms with Gasteiger partial charge in [0.25, 0.3) is 5.91 Å². The summed E-state index contributed by atoms with van der Waals surface area (Å²) in [5.74, 6) is 2.46. The minimum Gasteiger partial charge on any atom is -0.457 e. The van der Waals surface area contributed by atoms with Gasteiger partial charge >= 0.3 is 0 Å². The lowest BCUT2D eigenvalue weighted by Gasteiger charge is -2.17. The van der Waals surface area contributed by atoms with Crippen LogP contribution in [0.5, 0.6) is 11.5 Å². The molecule has 1 aromatic heterocycles. The Hall–Kier alpha value is -4.39. The fourth-order valence-electron chi connectivity index (χ4n) is 4.02. The summed E-state index contributed by atoms with van der Waals surface area (Å²) in [6.07, 6.45) is 2.35. The smallest absolute Gasteiger partial charge is 0.259 e. The summed E-state index contributed by atoms with van der Waals surface area (Å²) in [5.41, 5.74) is 2.95. The first kappa shape index (κ1) is 22.4. The van der Waals surface area contributed by atoms with Gasteiger partial charge in [-0.3, -0.25) is 4.79 Å². The highest BCUT2D eigenvalue weighted by Gasteiger charge is 2.16. The molecule has 3 aromatic carbocycles. The third kappa shape index (κ3) is 5.58. The van der Waals surface area contributed by atoms with Gasteiger partial charge in [-0.1, -0.05) is 30.3 Å². The summed E-state index contributed by atoms with van der Waals surface area (Å²) < 4.78 is 5.92. The third-order valence-corrected chi connectivity index (χ3v) is 5.75. The summed E-state index contributed by atoms with van der Waals surface area (Å²) in [5, 5.41) is 6.30. The average Bonchev–Trinajstić information content (AvgIpc) is 3.41. The van der Waals surface area contributed by atoms with Crippen LogP contribution in [0.25, 0.3) is 0 Å². The Morgan fingerprint density at radius 3 is 2.31 bits per heavy atom. The van der Waals surface area contributed by atoms with Crippen molar-refractivity contribution in [1.82, 2.24) is 9.97 Å². The maximum absolute atomic E-state index is 13.0. The first-order valence-corrected chi connectivity index (χ1v) is 11.7. The molecule has 1 aliphatic heterocycles. The van der Waals surface area contributed by atoms with Gasteiger partial charge < -0.3 is 20.3 Å². The van der Waals surface area contributed by atoms with Gasteiger partial charge in [-0.2, -0.15) is 4.98 Å². The molecule has 35 heavy (non-hydrogen) atoms. The molecule has 4 aromatic rings. The van der Waals surface area contributed by atoms with E-state index >= 15 is 0 Å². The molecule has 7 nitrogen and oxygen atoms in total. The summed E-state index contributed by atoms with van der Waals surface area (Å²) in [4.78, 5) is 24.5. The van der Waals surface area contributed by atoms with Crippen molar-refractivity contribution in [3.63, 3.8) is 0 Å². The first-order valence-electron chi connectivity index (χ1n) is 11.7. The standard InChI is InChI=1S/C28H27N5O2/c1-20-19-26(32-28(29-20)33-17-7-8-18-33)30-21-13-15-22(16-14-21)31-27(34)24-11-5-6-12-25(24)35-23-9-3-2-4-10-23/h2-6,9-16,19H,7-8,17-18H2,1H3,(H,31,34)(H,29,30,32). The molecule has 0 spiro atoms. The Morgan fingerprint density at radius 1 is 0.857 bits per heavy atom.